The maximum absolute atomic E-state index is 14.1. The van der Waals surface area contributed by atoms with Crippen LogP contribution in [-0.4, -0.2) is 0 Å². The van der Waals surface area contributed by atoms with Gasteiger partial charge in [0.2, 0.25) is 0 Å². The molecule has 1 atom stereocenters. The van der Waals surface area contributed by atoms with Crippen LogP contribution in [0.3, 0.4) is 0 Å². The van der Waals surface area contributed by atoms with Gasteiger partial charge >= 0.3 is 0 Å². The van der Waals surface area contributed by atoms with Gasteiger partial charge in [0.15, 0.2) is 0 Å². The van der Waals surface area contributed by atoms with Gasteiger partial charge in [-0.1, -0.05) is 24.3 Å². The molecule has 0 heterocycles. The fraction of sp³-hybridized carbons (Fsp3) is 0.143. The molecule has 0 bridgehead atoms. The van der Waals surface area contributed by atoms with Gasteiger partial charge in [0.25, 0.3) is 0 Å². The molecule has 4 heteroatoms. The van der Waals surface area contributed by atoms with Gasteiger partial charge in [-0.15, -0.1) is 0 Å². The lowest BCUT2D eigenvalue weighted by molar-refractivity contribution is 0.584. The monoisotopic (exact) mass is 311 g/mol. The van der Waals surface area contributed by atoms with Crippen LogP contribution in [0.15, 0.2) is 40.9 Å². The predicted molar refractivity (Wildman–Crippen MR) is 72.1 cm³/mol. The van der Waals surface area contributed by atoms with Crippen LogP contribution >= 0.6 is 15.9 Å². The van der Waals surface area contributed by atoms with Crippen LogP contribution in [0, 0.1) is 11.6 Å². The molecule has 2 rings (SSSR count). The Morgan fingerprint density at radius 3 is 2.44 bits per heavy atom. The van der Waals surface area contributed by atoms with Crippen molar-refractivity contribution < 1.29 is 8.78 Å². The van der Waals surface area contributed by atoms with Gasteiger partial charge in [0.1, 0.15) is 11.6 Å². The normalized spacial score (nSPS) is 12.5. The summed E-state index contributed by atoms with van der Waals surface area (Å²) in [5.41, 5.74) is 7.00. The molecule has 0 saturated carbocycles. The number of halogens is 3. The number of nitrogens with two attached hydrogens (primary N) is 1. The molecule has 0 aromatic heterocycles. The van der Waals surface area contributed by atoms with E-state index in [1.807, 2.05) is 0 Å². The minimum atomic E-state index is -0.608. The Labute approximate surface area is 113 Å². The summed E-state index contributed by atoms with van der Waals surface area (Å²) in [6, 6.07) is 9.28. The lowest BCUT2D eigenvalue weighted by Crippen LogP contribution is -2.07. The standard InChI is InChI=1S/C14H12BrF2N/c1-8(18)9-4-2-3-5-10(9)13-12(16)7-6-11(15)14(13)17/h2-8H,18H2,1H3. The van der Waals surface area contributed by atoms with Crippen molar-refractivity contribution in [2.45, 2.75) is 13.0 Å². The summed E-state index contributed by atoms with van der Waals surface area (Å²) >= 11 is 3.07. The van der Waals surface area contributed by atoms with Gasteiger partial charge in [-0.25, -0.2) is 8.78 Å². The molecule has 18 heavy (non-hydrogen) atoms. The van der Waals surface area contributed by atoms with E-state index in [1.54, 1.807) is 31.2 Å². The molecular weight excluding hydrogens is 300 g/mol. The Hall–Kier alpha value is -1.26. The zero-order valence-corrected chi connectivity index (χ0v) is 11.3. The minimum Gasteiger partial charge on any atom is -0.324 e. The molecule has 0 aliphatic carbocycles. The van der Waals surface area contributed by atoms with E-state index < -0.39 is 11.6 Å². The van der Waals surface area contributed by atoms with Gasteiger partial charge in [-0.3, -0.25) is 0 Å². The highest BCUT2D eigenvalue weighted by Crippen LogP contribution is 2.34. The molecular formula is C14H12BrF2N. The summed E-state index contributed by atoms with van der Waals surface area (Å²) < 4.78 is 28.2. The van der Waals surface area contributed by atoms with Crippen LogP contribution in [0.5, 0.6) is 0 Å². The molecule has 0 aliphatic rings. The molecule has 2 aromatic rings. The lowest BCUT2D eigenvalue weighted by atomic mass is 9.95. The quantitative estimate of drug-likeness (QED) is 0.817. The van der Waals surface area contributed by atoms with Gasteiger partial charge in [-0.2, -0.15) is 0 Å². The maximum atomic E-state index is 14.1. The molecule has 2 aromatic carbocycles. The summed E-state index contributed by atoms with van der Waals surface area (Å²) in [5, 5.41) is 0. The molecule has 1 unspecified atom stereocenters. The minimum absolute atomic E-state index is 0.0442. The van der Waals surface area contributed by atoms with E-state index in [0.29, 0.717) is 11.1 Å². The van der Waals surface area contributed by atoms with Crippen molar-refractivity contribution in [1.82, 2.24) is 0 Å². The predicted octanol–water partition coefficient (Wildman–Crippen LogP) is 4.41. The molecule has 94 valence electrons. The lowest BCUT2D eigenvalue weighted by Gasteiger charge is -2.14. The summed E-state index contributed by atoms with van der Waals surface area (Å²) in [7, 11) is 0. The first-order valence-corrected chi connectivity index (χ1v) is 6.30. The number of hydrogen-bond donors (Lipinski definition) is 1. The molecule has 0 fully saturated rings. The summed E-state index contributed by atoms with van der Waals surface area (Å²) in [5.74, 6) is -1.20. The van der Waals surface area contributed by atoms with Crippen molar-refractivity contribution in [3.63, 3.8) is 0 Å². The summed E-state index contributed by atoms with van der Waals surface area (Å²) in [6.45, 7) is 1.78. The van der Waals surface area contributed by atoms with Crippen molar-refractivity contribution in [2.75, 3.05) is 0 Å². The molecule has 2 N–H and O–H groups in total. The van der Waals surface area contributed by atoms with Crippen molar-refractivity contribution >= 4 is 15.9 Å². The number of hydrogen-bond acceptors (Lipinski definition) is 1. The first kappa shape index (κ1) is 13.2. The van der Waals surface area contributed by atoms with E-state index in [4.69, 9.17) is 5.73 Å². The zero-order chi connectivity index (χ0) is 13.3. The molecule has 0 radical (unpaired) electrons. The van der Waals surface area contributed by atoms with E-state index in [0.717, 1.165) is 0 Å². The van der Waals surface area contributed by atoms with Crippen molar-refractivity contribution in [3.8, 4) is 11.1 Å². The third-order valence-electron chi connectivity index (χ3n) is 2.76. The highest BCUT2D eigenvalue weighted by atomic mass is 79.9. The Balaban J connectivity index is 2.73. The molecule has 0 spiro atoms. The van der Waals surface area contributed by atoms with E-state index in [1.165, 1.54) is 12.1 Å². The fourth-order valence-corrected chi connectivity index (χ4v) is 2.23. The Morgan fingerprint density at radius 2 is 1.78 bits per heavy atom. The highest BCUT2D eigenvalue weighted by Gasteiger charge is 2.18. The maximum Gasteiger partial charge on any atom is 0.148 e. The first-order chi connectivity index (χ1) is 8.52. The Kier molecular flexibility index (Phi) is 3.78. The smallest absolute Gasteiger partial charge is 0.148 e. The molecule has 1 nitrogen and oxygen atoms in total. The number of rotatable bonds is 2. The van der Waals surface area contributed by atoms with Gasteiger partial charge < -0.3 is 5.73 Å². The average Bonchev–Trinajstić information content (AvgIpc) is 2.35. The van der Waals surface area contributed by atoms with Crippen LogP contribution < -0.4 is 5.73 Å². The van der Waals surface area contributed by atoms with Crippen LogP contribution in [0.4, 0.5) is 8.78 Å². The SMILES string of the molecule is CC(N)c1ccccc1-c1c(F)ccc(Br)c1F. The highest BCUT2D eigenvalue weighted by molar-refractivity contribution is 9.10. The molecule has 0 amide bonds. The second-order valence-electron chi connectivity index (χ2n) is 4.09. The van der Waals surface area contributed by atoms with Crippen LogP contribution in [0.1, 0.15) is 18.5 Å². The first-order valence-electron chi connectivity index (χ1n) is 5.50. The van der Waals surface area contributed by atoms with Crippen molar-refractivity contribution in [3.05, 3.63) is 58.1 Å². The molecule has 0 saturated heterocycles. The van der Waals surface area contributed by atoms with E-state index in [9.17, 15) is 8.78 Å². The zero-order valence-electron chi connectivity index (χ0n) is 9.75. The Morgan fingerprint density at radius 1 is 1.11 bits per heavy atom. The summed E-state index contributed by atoms with van der Waals surface area (Å²) in [4.78, 5) is 0. The van der Waals surface area contributed by atoms with Gasteiger partial charge in [0, 0.05) is 6.04 Å². The number of benzene rings is 2. The van der Waals surface area contributed by atoms with E-state index in [2.05, 4.69) is 15.9 Å². The van der Waals surface area contributed by atoms with Crippen LogP contribution in [0.2, 0.25) is 0 Å². The average molecular weight is 312 g/mol. The van der Waals surface area contributed by atoms with E-state index >= 15 is 0 Å². The Bertz CT molecular complexity index is 582. The van der Waals surface area contributed by atoms with E-state index in [-0.39, 0.29) is 16.1 Å². The van der Waals surface area contributed by atoms with Crippen LogP contribution in [0.25, 0.3) is 11.1 Å². The van der Waals surface area contributed by atoms with Gasteiger partial charge in [-0.05, 0) is 46.1 Å². The second-order valence-corrected chi connectivity index (χ2v) is 4.95. The second kappa shape index (κ2) is 5.16. The third-order valence-corrected chi connectivity index (χ3v) is 3.38. The van der Waals surface area contributed by atoms with Crippen molar-refractivity contribution in [2.24, 2.45) is 5.73 Å². The summed E-state index contributed by atoms with van der Waals surface area (Å²) in [6.07, 6.45) is 0. The molecule has 0 aliphatic heterocycles. The fourth-order valence-electron chi connectivity index (χ4n) is 1.90. The topological polar surface area (TPSA) is 26.0 Å². The van der Waals surface area contributed by atoms with Gasteiger partial charge in [0.05, 0.1) is 10.0 Å². The largest absolute Gasteiger partial charge is 0.324 e. The van der Waals surface area contributed by atoms with Crippen molar-refractivity contribution in [1.29, 1.82) is 0 Å². The van der Waals surface area contributed by atoms with Crippen LogP contribution in [-0.2, 0) is 0 Å². The third kappa shape index (κ3) is 2.31.